The van der Waals surface area contributed by atoms with Crippen molar-refractivity contribution in [1.29, 1.82) is 0 Å². The van der Waals surface area contributed by atoms with Gasteiger partial charge in [-0.05, 0) is 47.3 Å². The molecule has 0 aliphatic carbocycles. The van der Waals surface area contributed by atoms with Gasteiger partial charge in [0.25, 0.3) is 0 Å². The molecule has 106 valence electrons. The van der Waals surface area contributed by atoms with Gasteiger partial charge in [0.1, 0.15) is 5.82 Å². The zero-order chi connectivity index (χ0) is 14.7. The van der Waals surface area contributed by atoms with E-state index in [0.717, 1.165) is 40.2 Å². The van der Waals surface area contributed by atoms with E-state index in [0.29, 0.717) is 0 Å². The van der Waals surface area contributed by atoms with Gasteiger partial charge in [0.2, 0.25) is 0 Å². The first-order valence-corrected chi connectivity index (χ1v) is 7.68. The van der Waals surface area contributed by atoms with Gasteiger partial charge in [0, 0.05) is 12.6 Å². The molecule has 3 nitrogen and oxygen atoms in total. The molecule has 4 heteroatoms. The van der Waals surface area contributed by atoms with E-state index in [1.807, 2.05) is 7.05 Å². The molecule has 0 fully saturated rings. The van der Waals surface area contributed by atoms with Crippen molar-refractivity contribution < 1.29 is 0 Å². The molecule has 0 saturated carbocycles. The van der Waals surface area contributed by atoms with Crippen molar-refractivity contribution in [3.8, 4) is 11.4 Å². The lowest BCUT2D eigenvalue weighted by molar-refractivity contribution is 0.868. The smallest absolute Gasteiger partial charge is 0.162 e. The topological polar surface area (TPSA) is 37.8 Å². The molecule has 0 unspecified atom stereocenters. The lowest BCUT2D eigenvalue weighted by Gasteiger charge is -2.13. The summed E-state index contributed by atoms with van der Waals surface area (Å²) in [7, 11) is 1.88. The molecule has 1 N–H and O–H groups in total. The van der Waals surface area contributed by atoms with Crippen LogP contribution in [0.2, 0.25) is 0 Å². The minimum absolute atomic E-state index is 0.794. The first kappa shape index (κ1) is 15.0. The Bertz CT molecular complexity index is 623. The highest BCUT2D eigenvalue weighted by Crippen LogP contribution is 2.29. The van der Waals surface area contributed by atoms with Crippen LogP contribution in [0.1, 0.15) is 30.2 Å². The molecule has 2 aromatic rings. The molecule has 0 saturated heterocycles. The van der Waals surface area contributed by atoms with Crippen LogP contribution < -0.4 is 5.32 Å². The molecule has 0 radical (unpaired) electrons. The number of aromatic nitrogens is 2. The second-order valence-corrected chi connectivity index (χ2v) is 5.70. The molecular formula is C16H20BrN3. The van der Waals surface area contributed by atoms with Crippen LogP contribution in [0.3, 0.4) is 0 Å². The van der Waals surface area contributed by atoms with Gasteiger partial charge in [-0.2, -0.15) is 0 Å². The predicted octanol–water partition coefficient (Wildman–Crippen LogP) is 4.52. The van der Waals surface area contributed by atoms with Crippen LogP contribution in [0.4, 0.5) is 5.82 Å². The summed E-state index contributed by atoms with van der Waals surface area (Å²) < 4.78 is 0.968. The van der Waals surface area contributed by atoms with Gasteiger partial charge in [0.05, 0.1) is 10.2 Å². The molecule has 1 aromatic heterocycles. The third-order valence-electron chi connectivity index (χ3n) is 3.49. The highest BCUT2D eigenvalue weighted by Gasteiger charge is 2.14. The van der Waals surface area contributed by atoms with E-state index in [4.69, 9.17) is 4.98 Å². The molecule has 0 amide bonds. The first-order valence-electron chi connectivity index (χ1n) is 6.89. The molecule has 0 aliphatic heterocycles. The number of aryl methyl sites for hydroxylation is 2. The minimum Gasteiger partial charge on any atom is -0.372 e. The highest BCUT2D eigenvalue weighted by molar-refractivity contribution is 9.10. The largest absolute Gasteiger partial charge is 0.372 e. The van der Waals surface area contributed by atoms with Gasteiger partial charge in [-0.1, -0.05) is 31.5 Å². The van der Waals surface area contributed by atoms with Gasteiger partial charge in [-0.25, -0.2) is 9.97 Å². The standard InChI is InChI=1S/C16H20BrN3/c1-5-7-13-14(17)16(18-4)20-15(19-13)12-9-6-8-10(2)11(12)3/h6,8-9H,5,7H2,1-4H3,(H,18,19,20). The van der Waals surface area contributed by atoms with E-state index in [9.17, 15) is 0 Å². The fourth-order valence-electron chi connectivity index (χ4n) is 2.18. The fraction of sp³-hybridized carbons (Fsp3) is 0.375. The van der Waals surface area contributed by atoms with E-state index in [2.05, 4.69) is 65.2 Å². The maximum absolute atomic E-state index is 4.74. The number of nitrogens with zero attached hydrogens (tertiary/aromatic N) is 2. The average Bonchev–Trinajstić information content (AvgIpc) is 2.44. The van der Waals surface area contributed by atoms with Gasteiger partial charge in [-0.15, -0.1) is 0 Å². The predicted molar refractivity (Wildman–Crippen MR) is 88.2 cm³/mol. The maximum atomic E-state index is 4.74. The SMILES string of the molecule is CCCc1nc(-c2cccc(C)c2C)nc(NC)c1Br. The average molecular weight is 334 g/mol. The first-order chi connectivity index (χ1) is 9.58. The number of benzene rings is 1. The molecular weight excluding hydrogens is 314 g/mol. The van der Waals surface area contributed by atoms with Crippen LogP contribution in [-0.4, -0.2) is 17.0 Å². The van der Waals surface area contributed by atoms with Crippen molar-refractivity contribution in [2.45, 2.75) is 33.6 Å². The number of anilines is 1. The van der Waals surface area contributed by atoms with Crippen LogP contribution in [0.15, 0.2) is 22.7 Å². The summed E-state index contributed by atoms with van der Waals surface area (Å²) in [4.78, 5) is 9.38. The van der Waals surface area contributed by atoms with Crippen molar-refractivity contribution in [2.24, 2.45) is 0 Å². The zero-order valence-corrected chi connectivity index (χ0v) is 14.0. The summed E-state index contributed by atoms with van der Waals surface area (Å²) in [6.45, 7) is 6.39. The lowest BCUT2D eigenvalue weighted by atomic mass is 10.0. The molecule has 1 aromatic carbocycles. The molecule has 1 heterocycles. The Morgan fingerprint density at radius 1 is 1.20 bits per heavy atom. The van der Waals surface area contributed by atoms with Crippen LogP contribution in [-0.2, 0) is 6.42 Å². The van der Waals surface area contributed by atoms with Crippen molar-refractivity contribution >= 4 is 21.7 Å². The van der Waals surface area contributed by atoms with Crippen LogP contribution >= 0.6 is 15.9 Å². The van der Waals surface area contributed by atoms with Gasteiger partial charge in [0.15, 0.2) is 5.82 Å². The number of hydrogen-bond acceptors (Lipinski definition) is 3. The number of nitrogens with one attached hydrogen (secondary N) is 1. The van der Waals surface area contributed by atoms with Crippen molar-refractivity contribution in [2.75, 3.05) is 12.4 Å². The molecule has 0 aliphatic rings. The summed E-state index contributed by atoms with van der Waals surface area (Å²) in [5.41, 5.74) is 4.66. The third kappa shape index (κ3) is 2.85. The number of rotatable bonds is 4. The normalized spacial score (nSPS) is 10.7. The minimum atomic E-state index is 0.794. The van der Waals surface area contributed by atoms with E-state index in [1.54, 1.807) is 0 Å². The van der Waals surface area contributed by atoms with E-state index < -0.39 is 0 Å². The summed E-state index contributed by atoms with van der Waals surface area (Å²) in [5, 5.41) is 3.14. The highest BCUT2D eigenvalue weighted by atomic mass is 79.9. The lowest BCUT2D eigenvalue weighted by Crippen LogP contribution is -2.04. The third-order valence-corrected chi connectivity index (χ3v) is 4.32. The maximum Gasteiger partial charge on any atom is 0.162 e. The Hall–Kier alpha value is -1.42. The summed E-state index contributed by atoms with van der Waals surface area (Å²) in [6, 6.07) is 6.26. The second-order valence-electron chi connectivity index (χ2n) is 4.90. The van der Waals surface area contributed by atoms with Crippen molar-refractivity contribution in [3.05, 3.63) is 39.5 Å². The molecule has 20 heavy (non-hydrogen) atoms. The van der Waals surface area contributed by atoms with Crippen LogP contribution in [0.25, 0.3) is 11.4 Å². The molecule has 0 bridgehead atoms. The Morgan fingerprint density at radius 2 is 1.95 bits per heavy atom. The molecule has 0 spiro atoms. The van der Waals surface area contributed by atoms with E-state index in [-0.39, 0.29) is 0 Å². The number of halogens is 1. The van der Waals surface area contributed by atoms with Gasteiger partial charge < -0.3 is 5.32 Å². The van der Waals surface area contributed by atoms with Crippen LogP contribution in [0, 0.1) is 13.8 Å². The number of hydrogen-bond donors (Lipinski definition) is 1. The summed E-state index contributed by atoms with van der Waals surface area (Å²) >= 11 is 3.59. The summed E-state index contributed by atoms with van der Waals surface area (Å²) in [6.07, 6.45) is 2.00. The molecule has 0 atom stereocenters. The van der Waals surface area contributed by atoms with Crippen molar-refractivity contribution in [1.82, 2.24) is 9.97 Å². The Kier molecular flexibility index (Phi) is 4.76. The zero-order valence-electron chi connectivity index (χ0n) is 12.4. The van der Waals surface area contributed by atoms with Gasteiger partial charge in [-0.3, -0.25) is 0 Å². The van der Waals surface area contributed by atoms with Crippen molar-refractivity contribution in [3.63, 3.8) is 0 Å². The fourth-order valence-corrected chi connectivity index (χ4v) is 2.75. The van der Waals surface area contributed by atoms with Crippen LogP contribution in [0.5, 0.6) is 0 Å². The van der Waals surface area contributed by atoms with E-state index in [1.165, 1.54) is 11.1 Å². The molecule has 2 rings (SSSR count). The van der Waals surface area contributed by atoms with Gasteiger partial charge >= 0.3 is 0 Å². The quantitative estimate of drug-likeness (QED) is 0.893. The monoisotopic (exact) mass is 333 g/mol. The van der Waals surface area contributed by atoms with E-state index >= 15 is 0 Å². The summed E-state index contributed by atoms with van der Waals surface area (Å²) in [5.74, 6) is 1.64. The Morgan fingerprint density at radius 3 is 2.60 bits per heavy atom. The Balaban J connectivity index is 2.62. The second kappa shape index (κ2) is 6.35. The Labute approximate surface area is 129 Å².